The topological polar surface area (TPSA) is 58.6 Å². The van der Waals surface area contributed by atoms with Gasteiger partial charge in [-0.2, -0.15) is 0 Å². The summed E-state index contributed by atoms with van der Waals surface area (Å²) in [5, 5.41) is 3.46. The number of para-hydroxylation sites is 1. The molecular weight excluding hydrogens is 364 g/mol. The van der Waals surface area contributed by atoms with Gasteiger partial charge in [-0.05, 0) is 49.2 Å². The van der Waals surface area contributed by atoms with Gasteiger partial charge in [0.15, 0.2) is 0 Å². The maximum atomic E-state index is 12.7. The van der Waals surface area contributed by atoms with Gasteiger partial charge in [0.25, 0.3) is 5.91 Å². The smallest absolute Gasteiger partial charge is 0.253 e. The van der Waals surface area contributed by atoms with Crippen LogP contribution < -0.4 is 10.1 Å². The molecule has 2 aromatic rings. The minimum Gasteiger partial charge on any atom is -0.488 e. The normalized spacial score (nSPS) is 12.5. The first-order chi connectivity index (χ1) is 12.8. The molecule has 1 N–H and O–H groups in total. The predicted molar refractivity (Wildman–Crippen MR) is 107 cm³/mol. The van der Waals surface area contributed by atoms with E-state index in [0.717, 1.165) is 22.4 Å². The van der Waals surface area contributed by atoms with Crippen molar-refractivity contribution < 1.29 is 14.3 Å². The number of likely N-dealkylation sites (N-methyl/N-ethyl adjacent to an activating group) is 1. The number of benzene rings is 2. The second kappa shape index (κ2) is 7.84. The highest BCUT2D eigenvalue weighted by molar-refractivity contribution is 6.30. The van der Waals surface area contributed by atoms with Crippen molar-refractivity contribution in [3.63, 3.8) is 0 Å². The molecule has 0 saturated heterocycles. The van der Waals surface area contributed by atoms with Crippen LogP contribution in [-0.4, -0.2) is 36.9 Å². The summed E-state index contributed by atoms with van der Waals surface area (Å²) < 4.78 is 5.62. The Bertz CT molecular complexity index is 917. The van der Waals surface area contributed by atoms with Crippen LogP contribution in [0.1, 0.15) is 16.7 Å². The van der Waals surface area contributed by atoms with Crippen LogP contribution in [0, 0.1) is 13.8 Å². The molecule has 1 aliphatic heterocycles. The first kappa shape index (κ1) is 19.0. The van der Waals surface area contributed by atoms with E-state index in [-0.39, 0.29) is 25.0 Å². The van der Waals surface area contributed by atoms with Crippen LogP contribution in [0.2, 0.25) is 5.02 Å². The van der Waals surface area contributed by atoms with E-state index < -0.39 is 0 Å². The van der Waals surface area contributed by atoms with Crippen molar-refractivity contribution in [2.45, 2.75) is 13.8 Å². The summed E-state index contributed by atoms with van der Waals surface area (Å²) in [5.74, 6) is 0.188. The van der Waals surface area contributed by atoms with Crippen LogP contribution in [0.15, 0.2) is 42.0 Å². The van der Waals surface area contributed by atoms with Crippen molar-refractivity contribution in [2.75, 3.05) is 25.5 Å². The van der Waals surface area contributed by atoms with E-state index in [1.165, 1.54) is 4.90 Å². The van der Waals surface area contributed by atoms with Gasteiger partial charge in [0.1, 0.15) is 12.4 Å². The number of anilines is 1. The van der Waals surface area contributed by atoms with E-state index in [1.54, 1.807) is 31.3 Å². The maximum Gasteiger partial charge on any atom is 0.253 e. The molecule has 1 aliphatic rings. The van der Waals surface area contributed by atoms with Crippen LogP contribution in [0.3, 0.4) is 0 Å². The first-order valence-electron chi connectivity index (χ1n) is 8.59. The Kier molecular flexibility index (Phi) is 5.51. The number of ether oxygens (including phenoxy) is 1. The maximum absolute atomic E-state index is 12.7. The highest BCUT2D eigenvalue weighted by Crippen LogP contribution is 2.29. The Morgan fingerprint density at radius 3 is 2.59 bits per heavy atom. The highest BCUT2D eigenvalue weighted by Gasteiger charge is 2.22. The Labute approximate surface area is 163 Å². The molecule has 3 rings (SSSR count). The number of nitrogens with one attached hydrogen (secondary N) is 1. The lowest BCUT2D eigenvalue weighted by molar-refractivity contribution is -0.130. The number of fused-ring (bicyclic) bond motifs is 1. The van der Waals surface area contributed by atoms with Crippen molar-refractivity contribution in [3.8, 4) is 5.75 Å². The van der Waals surface area contributed by atoms with Crippen LogP contribution in [0.4, 0.5) is 5.69 Å². The molecule has 5 nitrogen and oxygen atoms in total. The van der Waals surface area contributed by atoms with E-state index in [4.69, 9.17) is 16.3 Å². The fraction of sp³-hybridized carbons (Fsp3) is 0.238. The summed E-state index contributed by atoms with van der Waals surface area (Å²) >= 11 is 6.00. The molecule has 0 unspecified atom stereocenters. The van der Waals surface area contributed by atoms with Gasteiger partial charge in [-0.3, -0.25) is 9.59 Å². The van der Waals surface area contributed by atoms with E-state index >= 15 is 0 Å². The van der Waals surface area contributed by atoms with Gasteiger partial charge in [0.2, 0.25) is 5.91 Å². The molecule has 6 heteroatoms. The largest absolute Gasteiger partial charge is 0.488 e. The summed E-state index contributed by atoms with van der Waals surface area (Å²) in [4.78, 5) is 26.4. The zero-order valence-electron chi connectivity index (χ0n) is 15.5. The molecule has 0 saturated carbocycles. The third-order valence-electron chi connectivity index (χ3n) is 4.43. The lowest BCUT2D eigenvalue weighted by atomic mass is 10.1. The highest BCUT2D eigenvalue weighted by atomic mass is 35.5. The minimum absolute atomic E-state index is 0.0493. The Balaban J connectivity index is 1.68. The average Bonchev–Trinajstić information content (AvgIpc) is 2.63. The second-order valence-electron chi connectivity index (χ2n) is 6.62. The van der Waals surface area contributed by atoms with Crippen molar-refractivity contribution in [3.05, 3.63) is 63.7 Å². The number of carbonyl (C=O) groups excluding carboxylic acids is 2. The van der Waals surface area contributed by atoms with Gasteiger partial charge < -0.3 is 15.0 Å². The SMILES string of the molecule is Cc1cccc(C)c1NC(=O)CN(C)C(=O)C1=Cc2cc(Cl)ccc2OC1. The van der Waals surface area contributed by atoms with E-state index in [0.29, 0.717) is 16.3 Å². The monoisotopic (exact) mass is 384 g/mol. The molecule has 140 valence electrons. The summed E-state index contributed by atoms with van der Waals surface area (Å²) in [5.41, 5.74) is 3.98. The number of rotatable bonds is 4. The lowest BCUT2D eigenvalue weighted by Gasteiger charge is -2.22. The molecule has 0 aromatic heterocycles. The number of amides is 2. The van der Waals surface area contributed by atoms with Gasteiger partial charge >= 0.3 is 0 Å². The molecule has 0 aliphatic carbocycles. The summed E-state index contributed by atoms with van der Waals surface area (Å²) in [6, 6.07) is 11.1. The molecule has 2 amide bonds. The Morgan fingerprint density at radius 2 is 1.89 bits per heavy atom. The van der Waals surface area contributed by atoms with Crippen LogP contribution in [0.25, 0.3) is 6.08 Å². The van der Waals surface area contributed by atoms with E-state index in [9.17, 15) is 9.59 Å². The van der Waals surface area contributed by atoms with Gasteiger partial charge in [-0.1, -0.05) is 29.8 Å². The number of halogens is 1. The molecule has 1 heterocycles. The number of aryl methyl sites for hydroxylation is 2. The summed E-state index contributed by atoms with van der Waals surface area (Å²) in [6.07, 6.45) is 1.76. The third-order valence-corrected chi connectivity index (χ3v) is 4.67. The van der Waals surface area contributed by atoms with Gasteiger partial charge in [0.05, 0.1) is 12.1 Å². The number of nitrogens with zero attached hydrogens (tertiary/aromatic N) is 1. The fourth-order valence-electron chi connectivity index (χ4n) is 2.99. The third kappa shape index (κ3) is 4.31. The summed E-state index contributed by atoms with van der Waals surface area (Å²) in [6.45, 7) is 3.98. The zero-order chi connectivity index (χ0) is 19.6. The molecule has 2 aromatic carbocycles. The molecular formula is C21H21ClN2O3. The first-order valence-corrected chi connectivity index (χ1v) is 8.97. The van der Waals surface area contributed by atoms with Crippen LogP contribution in [-0.2, 0) is 9.59 Å². The predicted octanol–water partition coefficient (Wildman–Crippen LogP) is 3.83. The summed E-state index contributed by atoms with van der Waals surface area (Å²) in [7, 11) is 1.60. The van der Waals surface area contributed by atoms with Crippen LogP contribution in [0.5, 0.6) is 5.75 Å². The minimum atomic E-state index is -0.253. The zero-order valence-corrected chi connectivity index (χ0v) is 16.3. The Morgan fingerprint density at radius 1 is 1.19 bits per heavy atom. The van der Waals surface area contributed by atoms with Crippen LogP contribution >= 0.6 is 11.6 Å². The lowest BCUT2D eigenvalue weighted by Crippen LogP contribution is -2.37. The van der Waals surface area contributed by atoms with Crippen molar-refractivity contribution in [2.24, 2.45) is 0 Å². The van der Waals surface area contributed by atoms with Crippen molar-refractivity contribution in [1.29, 1.82) is 0 Å². The molecule has 27 heavy (non-hydrogen) atoms. The van der Waals surface area contributed by atoms with E-state index in [2.05, 4.69) is 5.32 Å². The average molecular weight is 385 g/mol. The standard InChI is InChI=1S/C21H21ClN2O3/c1-13-5-4-6-14(2)20(13)23-19(25)11-24(3)21(26)16-9-15-10-17(22)7-8-18(15)27-12-16/h4-10H,11-12H2,1-3H3,(H,23,25). The quantitative estimate of drug-likeness (QED) is 0.871. The van der Waals surface area contributed by atoms with Gasteiger partial charge in [-0.25, -0.2) is 0 Å². The van der Waals surface area contributed by atoms with Gasteiger partial charge in [0, 0.05) is 23.3 Å². The molecule has 0 bridgehead atoms. The number of carbonyl (C=O) groups is 2. The van der Waals surface area contributed by atoms with Gasteiger partial charge in [-0.15, -0.1) is 0 Å². The Hall–Kier alpha value is -2.79. The molecule has 0 spiro atoms. The molecule has 0 radical (unpaired) electrons. The molecule has 0 fully saturated rings. The molecule has 0 atom stereocenters. The van der Waals surface area contributed by atoms with Crippen molar-refractivity contribution >= 4 is 35.2 Å². The van der Waals surface area contributed by atoms with E-state index in [1.807, 2.05) is 32.0 Å². The number of hydrogen-bond donors (Lipinski definition) is 1. The second-order valence-corrected chi connectivity index (χ2v) is 7.05. The number of hydrogen-bond acceptors (Lipinski definition) is 3. The van der Waals surface area contributed by atoms with Crippen molar-refractivity contribution in [1.82, 2.24) is 4.90 Å². The fourth-order valence-corrected chi connectivity index (χ4v) is 3.18.